The molecule has 208 valence electrons. The van der Waals surface area contributed by atoms with Gasteiger partial charge in [0.15, 0.2) is 0 Å². The van der Waals surface area contributed by atoms with Crippen molar-refractivity contribution in [2.24, 2.45) is 0 Å². The number of esters is 2. The summed E-state index contributed by atoms with van der Waals surface area (Å²) in [4.78, 5) is 33.0. The number of carboxylic acid groups (broad SMARTS) is 1. The normalized spacial score (nSPS) is 10.4. The van der Waals surface area contributed by atoms with Crippen LogP contribution in [0.1, 0.15) is 124 Å². The molecule has 36 heavy (non-hydrogen) atoms. The molecule has 0 rings (SSSR count). The highest BCUT2D eigenvalue weighted by molar-refractivity contribution is 5.88. The SMILES string of the molecule is C=C(CC)C(=O)OCCCCCC.C=C(CC=CC(=O)O)C(=O)OCCCCCCCCCCCC. The van der Waals surface area contributed by atoms with Gasteiger partial charge in [0.05, 0.1) is 13.2 Å². The topological polar surface area (TPSA) is 89.9 Å². The Morgan fingerprint density at radius 3 is 1.44 bits per heavy atom. The van der Waals surface area contributed by atoms with Crippen molar-refractivity contribution in [2.75, 3.05) is 13.2 Å². The largest absolute Gasteiger partial charge is 0.478 e. The van der Waals surface area contributed by atoms with E-state index in [1.165, 1.54) is 70.3 Å². The second-order valence-corrected chi connectivity index (χ2v) is 9.02. The van der Waals surface area contributed by atoms with Gasteiger partial charge in [-0.25, -0.2) is 14.4 Å². The van der Waals surface area contributed by atoms with E-state index in [0.717, 1.165) is 31.8 Å². The minimum atomic E-state index is -1.03. The summed E-state index contributed by atoms with van der Waals surface area (Å²) in [6.45, 7) is 14.5. The van der Waals surface area contributed by atoms with Crippen LogP contribution in [0.15, 0.2) is 36.5 Å². The lowest BCUT2D eigenvalue weighted by Crippen LogP contribution is -2.08. The lowest BCUT2D eigenvalue weighted by molar-refractivity contribution is -0.140. The fourth-order valence-electron chi connectivity index (χ4n) is 3.18. The van der Waals surface area contributed by atoms with Crippen molar-refractivity contribution in [2.45, 2.75) is 124 Å². The third kappa shape index (κ3) is 26.2. The van der Waals surface area contributed by atoms with Gasteiger partial charge >= 0.3 is 17.9 Å². The highest BCUT2D eigenvalue weighted by Gasteiger charge is 2.07. The number of hydrogen-bond donors (Lipinski definition) is 1. The molecule has 0 saturated heterocycles. The summed E-state index contributed by atoms with van der Waals surface area (Å²) in [7, 11) is 0. The van der Waals surface area contributed by atoms with Crippen LogP contribution >= 0.6 is 0 Å². The summed E-state index contributed by atoms with van der Waals surface area (Å²) < 4.78 is 10.1. The number of hydrogen-bond acceptors (Lipinski definition) is 5. The molecule has 0 aliphatic heterocycles. The van der Waals surface area contributed by atoms with Gasteiger partial charge in [-0.2, -0.15) is 0 Å². The Balaban J connectivity index is 0. The van der Waals surface area contributed by atoms with Crippen molar-refractivity contribution in [3.63, 3.8) is 0 Å². The molecule has 0 aromatic carbocycles. The maximum absolute atomic E-state index is 11.6. The Labute approximate surface area is 220 Å². The van der Waals surface area contributed by atoms with E-state index in [-0.39, 0.29) is 18.0 Å². The molecule has 0 radical (unpaired) electrons. The third-order valence-electron chi connectivity index (χ3n) is 5.59. The van der Waals surface area contributed by atoms with Crippen LogP contribution in [-0.4, -0.2) is 36.2 Å². The molecule has 0 aliphatic carbocycles. The summed E-state index contributed by atoms with van der Waals surface area (Å²) in [5.74, 6) is -1.70. The summed E-state index contributed by atoms with van der Waals surface area (Å²) in [6, 6.07) is 0. The van der Waals surface area contributed by atoms with E-state index in [2.05, 4.69) is 27.0 Å². The van der Waals surface area contributed by atoms with E-state index in [0.29, 0.717) is 25.2 Å². The minimum absolute atomic E-state index is 0.211. The molecule has 0 spiro atoms. The van der Waals surface area contributed by atoms with Gasteiger partial charge in [0.25, 0.3) is 0 Å². The molecular formula is C30H52O6. The molecule has 0 aliphatic rings. The third-order valence-corrected chi connectivity index (χ3v) is 5.59. The highest BCUT2D eigenvalue weighted by atomic mass is 16.5. The smallest absolute Gasteiger partial charge is 0.333 e. The molecule has 0 fully saturated rings. The van der Waals surface area contributed by atoms with Crippen molar-refractivity contribution in [3.8, 4) is 0 Å². The summed E-state index contributed by atoms with van der Waals surface area (Å²) in [6.07, 6.45) is 20.2. The molecule has 0 amide bonds. The Morgan fingerprint density at radius 2 is 1.03 bits per heavy atom. The van der Waals surface area contributed by atoms with Crippen LogP contribution in [-0.2, 0) is 23.9 Å². The zero-order valence-corrected chi connectivity index (χ0v) is 23.3. The van der Waals surface area contributed by atoms with Crippen LogP contribution in [0, 0.1) is 0 Å². The monoisotopic (exact) mass is 508 g/mol. The van der Waals surface area contributed by atoms with Crippen molar-refractivity contribution >= 4 is 17.9 Å². The van der Waals surface area contributed by atoms with Crippen molar-refractivity contribution in [1.82, 2.24) is 0 Å². The fourth-order valence-corrected chi connectivity index (χ4v) is 3.18. The molecule has 0 atom stereocenters. The van der Waals surface area contributed by atoms with Gasteiger partial charge < -0.3 is 14.6 Å². The number of ether oxygens (including phenoxy) is 2. The molecule has 6 heteroatoms. The summed E-state index contributed by atoms with van der Waals surface area (Å²) in [5.41, 5.74) is 0.852. The van der Waals surface area contributed by atoms with Gasteiger partial charge in [-0.15, -0.1) is 0 Å². The van der Waals surface area contributed by atoms with Crippen LogP contribution < -0.4 is 0 Å². The van der Waals surface area contributed by atoms with Gasteiger partial charge in [-0.1, -0.05) is 117 Å². The maximum Gasteiger partial charge on any atom is 0.333 e. The van der Waals surface area contributed by atoms with E-state index in [9.17, 15) is 14.4 Å². The number of carboxylic acids is 1. The highest BCUT2D eigenvalue weighted by Crippen LogP contribution is 2.11. The number of carbonyl (C=O) groups is 3. The second kappa shape index (κ2) is 27.2. The number of unbranched alkanes of at least 4 members (excludes halogenated alkanes) is 12. The molecule has 0 unspecified atom stereocenters. The van der Waals surface area contributed by atoms with Crippen LogP contribution in [0.5, 0.6) is 0 Å². The lowest BCUT2D eigenvalue weighted by atomic mass is 10.1. The van der Waals surface area contributed by atoms with Gasteiger partial charge in [0.2, 0.25) is 0 Å². The lowest BCUT2D eigenvalue weighted by Gasteiger charge is -2.06. The van der Waals surface area contributed by atoms with E-state index in [4.69, 9.17) is 14.6 Å². The van der Waals surface area contributed by atoms with E-state index >= 15 is 0 Å². The number of carbonyl (C=O) groups excluding carboxylic acids is 2. The number of allylic oxidation sites excluding steroid dienone is 1. The zero-order valence-electron chi connectivity index (χ0n) is 23.3. The average Bonchev–Trinajstić information content (AvgIpc) is 2.86. The quantitative estimate of drug-likeness (QED) is 0.0902. The van der Waals surface area contributed by atoms with Crippen LogP contribution in [0.4, 0.5) is 0 Å². The molecular weight excluding hydrogens is 456 g/mol. The molecule has 6 nitrogen and oxygen atoms in total. The van der Waals surface area contributed by atoms with Gasteiger partial charge in [-0.05, 0) is 25.7 Å². The number of aliphatic carboxylic acids is 1. The minimum Gasteiger partial charge on any atom is -0.478 e. The first-order valence-electron chi connectivity index (χ1n) is 13.9. The van der Waals surface area contributed by atoms with Gasteiger partial charge in [-0.3, -0.25) is 0 Å². The predicted molar refractivity (Wildman–Crippen MR) is 148 cm³/mol. The first-order valence-corrected chi connectivity index (χ1v) is 13.9. The first-order chi connectivity index (χ1) is 17.3. The molecule has 0 aromatic heterocycles. The van der Waals surface area contributed by atoms with Crippen LogP contribution in [0.2, 0.25) is 0 Å². The zero-order chi connectivity index (χ0) is 27.4. The second-order valence-electron chi connectivity index (χ2n) is 9.02. The van der Waals surface area contributed by atoms with Gasteiger partial charge in [0, 0.05) is 17.2 Å². The molecule has 0 bridgehead atoms. The fraction of sp³-hybridized carbons (Fsp3) is 0.700. The Morgan fingerprint density at radius 1 is 0.639 bits per heavy atom. The Hall–Kier alpha value is -2.37. The molecule has 0 saturated carbocycles. The summed E-state index contributed by atoms with van der Waals surface area (Å²) in [5, 5.41) is 8.45. The number of rotatable bonds is 22. The van der Waals surface area contributed by atoms with Crippen molar-refractivity contribution < 1.29 is 29.0 Å². The Kier molecular flexibility index (Phi) is 27.1. The van der Waals surface area contributed by atoms with Crippen molar-refractivity contribution in [3.05, 3.63) is 36.5 Å². The van der Waals surface area contributed by atoms with Crippen LogP contribution in [0.25, 0.3) is 0 Å². The maximum atomic E-state index is 11.6. The van der Waals surface area contributed by atoms with E-state index in [1.807, 2.05) is 6.92 Å². The average molecular weight is 509 g/mol. The molecule has 0 heterocycles. The Bertz CT molecular complexity index is 635. The summed E-state index contributed by atoms with van der Waals surface area (Å²) >= 11 is 0. The van der Waals surface area contributed by atoms with Gasteiger partial charge in [0.1, 0.15) is 0 Å². The van der Waals surface area contributed by atoms with Crippen LogP contribution in [0.3, 0.4) is 0 Å². The first kappa shape index (κ1) is 35.8. The van der Waals surface area contributed by atoms with Crippen molar-refractivity contribution in [1.29, 1.82) is 0 Å². The van der Waals surface area contributed by atoms with E-state index < -0.39 is 11.9 Å². The van der Waals surface area contributed by atoms with E-state index in [1.54, 1.807) is 0 Å². The predicted octanol–water partition coefficient (Wildman–Crippen LogP) is 8.11. The standard InChI is InChI=1S/C19H32O4.C11H20O2/c1-3-4-5-6-7-8-9-10-11-12-16-23-19(22)17(2)14-13-15-18(20)21;1-4-6-7-8-9-13-11(12)10(3)5-2/h13,15H,2-12,14,16H2,1H3,(H,20,21);3-9H2,1-2H3. The molecule has 0 aromatic rings. The molecule has 1 N–H and O–H groups in total.